The van der Waals surface area contributed by atoms with E-state index in [2.05, 4.69) is 6.92 Å². The molecule has 0 fully saturated rings. The van der Waals surface area contributed by atoms with Crippen LogP contribution in [0.5, 0.6) is 5.75 Å². The summed E-state index contributed by atoms with van der Waals surface area (Å²) in [6, 6.07) is 7.53. The van der Waals surface area contributed by atoms with Crippen LogP contribution in [0.3, 0.4) is 0 Å². The largest absolute Gasteiger partial charge is 0.492 e. The fourth-order valence-electron chi connectivity index (χ4n) is 3.08. The van der Waals surface area contributed by atoms with Gasteiger partial charge in [0.2, 0.25) is 0 Å². The highest BCUT2D eigenvalue weighted by atomic mass is 16.5. The summed E-state index contributed by atoms with van der Waals surface area (Å²) in [5.41, 5.74) is 1.00. The van der Waals surface area contributed by atoms with E-state index in [1.54, 1.807) is 13.2 Å². The summed E-state index contributed by atoms with van der Waals surface area (Å²) in [4.78, 5) is 12.3. The zero-order valence-electron chi connectivity index (χ0n) is 12.4. The maximum absolute atomic E-state index is 12.3. The number of fused-ring (bicyclic) bond motifs is 3. The van der Waals surface area contributed by atoms with Crippen LogP contribution in [0.25, 0.3) is 11.0 Å². The monoisotopic (exact) mass is 288 g/mol. The quantitative estimate of drug-likeness (QED) is 0.639. The summed E-state index contributed by atoms with van der Waals surface area (Å²) in [5.74, 6) is 1.18. The molecule has 1 aromatic carbocycles. The molecule has 2 unspecified atom stereocenters. The third-order valence-electron chi connectivity index (χ3n) is 4.33. The van der Waals surface area contributed by atoms with Crippen molar-refractivity contribution in [2.75, 3.05) is 20.3 Å². The zero-order chi connectivity index (χ0) is 14.8. The third kappa shape index (κ3) is 2.56. The Labute approximate surface area is 123 Å². The van der Waals surface area contributed by atoms with Crippen LogP contribution in [-0.2, 0) is 4.74 Å². The molecule has 0 bridgehead atoms. The molecule has 112 valence electrons. The van der Waals surface area contributed by atoms with Gasteiger partial charge < -0.3 is 13.9 Å². The average molecular weight is 288 g/mol. The van der Waals surface area contributed by atoms with Crippen LogP contribution in [0.15, 0.2) is 33.5 Å². The van der Waals surface area contributed by atoms with Gasteiger partial charge >= 0.3 is 5.63 Å². The lowest BCUT2D eigenvalue weighted by atomic mass is 9.83. The molecule has 0 saturated carbocycles. The maximum Gasteiger partial charge on any atom is 0.343 e. The van der Waals surface area contributed by atoms with E-state index in [1.165, 1.54) is 0 Å². The molecule has 21 heavy (non-hydrogen) atoms. The number of methoxy groups -OCH3 is 1. The van der Waals surface area contributed by atoms with E-state index in [4.69, 9.17) is 13.9 Å². The molecule has 1 aromatic heterocycles. The molecule has 0 spiro atoms. The van der Waals surface area contributed by atoms with Crippen LogP contribution in [0.1, 0.15) is 31.2 Å². The molecule has 0 amide bonds. The molecule has 0 saturated heterocycles. The number of para-hydroxylation sites is 1. The molecule has 1 aliphatic rings. The second kappa shape index (κ2) is 5.90. The fraction of sp³-hybridized carbons (Fsp3) is 0.471. The lowest BCUT2D eigenvalue weighted by molar-refractivity contribution is 0.155. The highest BCUT2D eigenvalue weighted by molar-refractivity contribution is 5.84. The minimum Gasteiger partial charge on any atom is -0.492 e. The van der Waals surface area contributed by atoms with Crippen molar-refractivity contribution in [2.45, 2.75) is 25.7 Å². The van der Waals surface area contributed by atoms with E-state index in [-0.39, 0.29) is 11.5 Å². The Hall–Kier alpha value is -1.81. The Morgan fingerprint density at radius 3 is 2.95 bits per heavy atom. The molecule has 2 heterocycles. The molecule has 2 atom stereocenters. The van der Waals surface area contributed by atoms with E-state index in [9.17, 15) is 4.79 Å². The lowest BCUT2D eigenvalue weighted by Gasteiger charge is -2.30. The van der Waals surface area contributed by atoms with E-state index in [0.717, 1.165) is 24.8 Å². The van der Waals surface area contributed by atoms with Crippen molar-refractivity contribution in [2.24, 2.45) is 5.92 Å². The van der Waals surface area contributed by atoms with Gasteiger partial charge in [0.15, 0.2) is 0 Å². The van der Waals surface area contributed by atoms with Crippen LogP contribution in [0.2, 0.25) is 0 Å². The van der Waals surface area contributed by atoms with E-state index < -0.39 is 0 Å². The van der Waals surface area contributed by atoms with Crippen LogP contribution in [-0.4, -0.2) is 20.3 Å². The third-order valence-corrected chi connectivity index (χ3v) is 4.33. The SMILES string of the molecule is COCCCC1COc2c(c(=O)oc3ccccc23)C1C. The molecule has 0 radical (unpaired) electrons. The van der Waals surface area contributed by atoms with Gasteiger partial charge in [-0.1, -0.05) is 19.1 Å². The number of hydrogen-bond donors (Lipinski definition) is 0. The van der Waals surface area contributed by atoms with Gasteiger partial charge in [-0.15, -0.1) is 0 Å². The predicted octanol–water partition coefficient (Wildman–Crippen LogP) is 3.33. The van der Waals surface area contributed by atoms with Gasteiger partial charge in [0.1, 0.15) is 11.3 Å². The molecule has 4 nitrogen and oxygen atoms in total. The van der Waals surface area contributed by atoms with Crippen LogP contribution in [0.4, 0.5) is 0 Å². The van der Waals surface area contributed by atoms with E-state index in [0.29, 0.717) is 29.4 Å². The van der Waals surface area contributed by atoms with Gasteiger partial charge in [0, 0.05) is 19.6 Å². The summed E-state index contributed by atoms with van der Waals surface area (Å²) in [6.45, 7) is 3.47. The summed E-state index contributed by atoms with van der Waals surface area (Å²) in [7, 11) is 1.71. The van der Waals surface area contributed by atoms with Gasteiger partial charge in [-0.3, -0.25) is 0 Å². The Morgan fingerprint density at radius 2 is 2.14 bits per heavy atom. The van der Waals surface area contributed by atoms with Gasteiger partial charge in [0.25, 0.3) is 0 Å². The first-order valence-corrected chi connectivity index (χ1v) is 7.40. The van der Waals surface area contributed by atoms with Crippen molar-refractivity contribution in [3.8, 4) is 5.75 Å². The highest BCUT2D eigenvalue weighted by Gasteiger charge is 2.32. The Balaban J connectivity index is 1.98. The van der Waals surface area contributed by atoms with Crippen molar-refractivity contribution in [1.82, 2.24) is 0 Å². The summed E-state index contributed by atoms with van der Waals surface area (Å²) in [5, 5.41) is 0.884. The average Bonchev–Trinajstić information content (AvgIpc) is 2.49. The molecule has 1 aliphatic heterocycles. The highest BCUT2D eigenvalue weighted by Crippen LogP contribution is 2.40. The number of ether oxygens (including phenoxy) is 2. The van der Waals surface area contributed by atoms with Crippen LogP contribution >= 0.6 is 0 Å². The van der Waals surface area contributed by atoms with Crippen LogP contribution < -0.4 is 10.4 Å². The van der Waals surface area contributed by atoms with E-state index >= 15 is 0 Å². The van der Waals surface area contributed by atoms with Crippen molar-refractivity contribution in [1.29, 1.82) is 0 Å². The lowest BCUT2D eigenvalue weighted by Crippen LogP contribution is -2.29. The second-order valence-electron chi connectivity index (χ2n) is 5.62. The molecular formula is C17H20O4. The van der Waals surface area contributed by atoms with Crippen molar-refractivity contribution >= 4 is 11.0 Å². The number of benzene rings is 1. The van der Waals surface area contributed by atoms with Gasteiger partial charge in [-0.2, -0.15) is 0 Å². The number of rotatable bonds is 4. The Morgan fingerprint density at radius 1 is 1.33 bits per heavy atom. The summed E-state index contributed by atoms with van der Waals surface area (Å²) >= 11 is 0. The van der Waals surface area contributed by atoms with Crippen molar-refractivity contribution < 1.29 is 13.9 Å². The Kier molecular flexibility index (Phi) is 3.97. The molecule has 0 N–H and O–H groups in total. The Bertz CT molecular complexity index is 689. The summed E-state index contributed by atoms with van der Waals surface area (Å²) < 4.78 is 16.5. The first kappa shape index (κ1) is 14.1. The fourth-order valence-corrected chi connectivity index (χ4v) is 3.08. The number of hydrogen-bond acceptors (Lipinski definition) is 4. The maximum atomic E-state index is 12.3. The second-order valence-corrected chi connectivity index (χ2v) is 5.62. The first-order chi connectivity index (χ1) is 10.2. The zero-order valence-corrected chi connectivity index (χ0v) is 12.4. The van der Waals surface area contributed by atoms with Gasteiger partial charge in [-0.25, -0.2) is 4.79 Å². The normalized spacial score (nSPS) is 21.0. The molecule has 4 heteroatoms. The molecule has 0 aliphatic carbocycles. The minimum atomic E-state index is -0.271. The standard InChI is InChI=1S/C17H20O4/c1-11-12(6-5-9-19-2)10-20-16-13-7-3-4-8-14(13)21-17(18)15(11)16/h3-4,7-8,11-12H,5-6,9-10H2,1-2H3. The van der Waals surface area contributed by atoms with E-state index in [1.807, 2.05) is 18.2 Å². The predicted molar refractivity (Wildman–Crippen MR) is 81.0 cm³/mol. The summed E-state index contributed by atoms with van der Waals surface area (Å²) in [6.07, 6.45) is 1.96. The topological polar surface area (TPSA) is 48.7 Å². The molecule has 2 aromatic rings. The smallest absolute Gasteiger partial charge is 0.343 e. The first-order valence-electron chi connectivity index (χ1n) is 7.40. The van der Waals surface area contributed by atoms with Crippen molar-refractivity contribution in [3.63, 3.8) is 0 Å². The van der Waals surface area contributed by atoms with Gasteiger partial charge in [0.05, 0.1) is 17.6 Å². The molecular weight excluding hydrogens is 268 g/mol. The van der Waals surface area contributed by atoms with Gasteiger partial charge in [-0.05, 0) is 30.9 Å². The van der Waals surface area contributed by atoms with Crippen LogP contribution in [0, 0.1) is 5.92 Å². The van der Waals surface area contributed by atoms with Crippen molar-refractivity contribution in [3.05, 3.63) is 40.2 Å². The molecule has 3 rings (SSSR count). The minimum absolute atomic E-state index is 0.145.